The molecule has 0 saturated heterocycles. The van der Waals surface area contributed by atoms with E-state index in [4.69, 9.17) is 9.47 Å². The van der Waals surface area contributed by atoms with E-state index >= 15 is 0 Å². The first-order valence-electron chi connectivity index (χ1n) is 4.89. The minimum absolute atomic E-state index is 0.458. The van der Waals surface area contributed by atoms with E-state index in [1.165, 1.54) is 0 Å². The van der Waals surface area contributed by atoms with Crippen molar-refractivity contribution in [3.8, 4) is 12.0 Å². The lowest BCUT2D eigenvalue weighted by Crippen LogP contribution is -2.19. The van der Waals surface area contributed by atoms with Crippen LogP contribution in [0.3, 0.4) is 0 Å². The van der Waals surface area contributed by atoms with Gasteiger partial charge in [-0.15, -0.1) is 0 Å². The normalized spacial score (nSPS) is 10.2. The number of esters is 1. The third kappa shape index (κ3) is 3.76. The van der Waals surface area contributed by atoms with Crippen molar-refractivity contribution in [2.75, 3.05) is 7.11 Å². The van der Waals surface area contributed by atoms with Crippen LogP contribution >= 0.6 is 0 Å². The number of carbonyl (C=O) groups is 1. The number of carbonyl (C=O) groups excluding carboxylic acids is 1. The summed E-state index contributed by atoms with van der Waals surface area (Å²) < 4.78 is 9.85. The van der Waals surface area contributed by atoms with Gasteiger partial charge in [-0.25, -0.2) is 4.79 Å². The lowest BCUT2D eigenvalue weighted by molar-refractivity contribution is 0.0660. The summed E-state index contributed by atoms with van der Waals surface area (Å²) in [5.74, 6) is 2.24. The zero-order chi connectivity index (χ0) is 12.0. The van der Waals surface area contributed by atoms with Crippen LogP contribution in [0.5, 0.6) is 0 Å². The summed E-state index contributed by atoms with van der Waals surface area (Å²) in [6.45, 7) is 3.58. The molecule has 3 nitrogen and oxygen atoms in total. The molecule has 0 heterocycles. The maximum atomic E-state index is 11.5. The molecule has 0 aliphatic heterocycles. The van der Waals surface area contributed by atoms with Gasteiger partial charge < -0.3 is 9.47 Å². The summed E-state index contributed by atoms with van der Waals surface area (Å²) in [4.78, 5) is 11.5. The van der Waals surface area contributed by atoms with Gasteiger partial charge in [-0.2, -0.15) is 0 Å². The first kappa shape index (κ1) is 12.3. The van der Waals surface area contributed by atoms with E-state index in [9.17, 15) is 4.79 Å². The van der Waals surface area contributed by atoms with Crippen molar-refractivity contribution in [3.05, 3.63) is 35.9 Å². The zero-order valence-corrected chi connectivity index (χ0v) is 9.61. The standard InChI is InChI=1S/C13H14O3/c1-13(2,15-3)9-10-16-12(14)11-7-5-4-6-8-11/h4-8H,1-3H3. The van der Waals surface area contributed by atoms with Gasteiger partial charge in [-0.3, -0.25) is 0 Å². The molecule has 0 amide bonds. The number of ether oxygens (including phenoxy) is 2. The Morgan fingerprint density at radius 1 is 1.25 bits per heavy atom. The van der Waals surface area contributed by atoms with Gasteiger partial charge in [0.2, 0.25) is 0 Å². The van der Waals surface area contributed by atoms with Crippen molar-refractivity contribution in [2.24, 2.45) is 0 Å². The molecule has 0 unspecified atom stereocenters. The van der Waals surface area contributed by atoms with Crippen molar-refractivity contribution >= 4 is 5.97 Å². The third-order valence-corrected chi connectivity index (χ3v) is 2.02. The molecule has 0 fully saturated rings. The molecule has 1 rings (SSSR count). The zero-order valence-electron chi connectivity index (χ0n) is 9.61. The average Bonchev–Trinajstić information content (AvgIpc) is 2.30. The molecule has 0 atom stereocenters. The molecule has 0 N–H and O–H groups in total. The van der Waals surface area contributed by atoms with Crippen LogP contribution in [0.2, 0.25) is 0 Å². The fourth-order valence-corrected chi connectivity index (χ4v) is 0.879. The van der Waals surface area contributed by atoms with Crippen molar-refractivity contribution in [1.29, 1.82) is 0 Å². The molecule has 0 saturated carbocycles. The lowest BCUT2D eigenvalue weighted by atomic mass is 10.1. The van der Waals surface area contributed by atoms with Crippen LogP contribution in [-0.4, -0.2) is 18.7 Å². The van der Waals surface area contributed by atoms with Crippen molar-refractivity contribution in [2.45, 2.75) is 19.4 Å². The number of methoxy groups -OCH3 is 1. The molecule has 1 aromatic carbocycles. The Balaban J connectivity index is 2.61. The van der Waals surface area contributed by atoms with Gasteiger partial charge in [0.05, 0.1) is 5.56 Å². The van der Waals surface area contributed by atoms with Gasteiger partial charge in [0.15, 0.2) is 0 Å². The summed E-state index contributed by atoms with van der Waals surface area (Å²) in [5, 5.41) is 0. The van der Waals surface area contributed by atoms with E-state index < -0.39 is 11.6 Å². The molecular weight excluding hydrogens is 204 g/mol. The summed E-state index contributed by atoms with van der Waals surface area (Å²) in [5.41, 5.74) is -0.135. The van der Waals surface area contributed by atoms with Gasteiger partial charge in [-0.05, 0) is 31.9 Å². The smallest absolute Gasteiger partial charge is 0.352 e. The molecule has 0 radical (unpaired) electrons. The first-order chi connectivity index (χ1) is 7.55. The molecule has 0 aromatic heterocycles. The summed E-state index contributed by atoms with van der Waals surface area (Å²) >= 11 is 0. The second-order valence-electron chi connectivity index (χ2n) is 3.70. The summed E-state index contributed by atoms with van der Waals surface area (Å²) in [7, 11) is 1.55. The monoisotopic (exact) mass is 218 g/mol. The predicted molar refractivity (Wildman–Crippen MR) is 60.7 cm³/mol. The van der Waals surface area contributed by atoms with Crippen molar-refractivity contribution < 1.29 is 14.3 Å². The minimum Gasteiger partial charge on any atom is -0.368 e. The Morgan fingerprint density at radius 3 is 2.44 bits per heavy atom. The van der Waals surface area contributed by atoms with E-state index in [2.05, 4.69) is 12.0 Å². The van der Waals surface area contributed by atoms with E-state index in [0.29, 0.717) is 5.56 Å². The largest absolute Gasteiger partial charge is 0.368 e. The second-order valence-corrected chi connectivity index (χ2v) is 3.70. The predicted octanol–water partition coefficient (Wildman–Crippen LogP) is 2.23. The second kappa shape index (κ2) is 5.34. The quantitative estimate of drug-likeness (QED) is 0.564. The molecule has 3 heteroatoms. The molecule has 0 aliphatic carbocycles. The van der Waals surface area contributed by atoms with Gasteiger partial charge in [-0.1, -0.05) is 18.2 Å². The topological polar surface area (TPSA) is 35.5 Å². The summed E-state index contributed by atoms with van der Waals surface area (Å²) in [6, 6.07) is 8.71. The van der Waals surface area contributed by atoms with Gasteiger partial charge in [0, 0.05) is 7.11 Å². The summed E-state index contributed by atoms with van der Waals surface area (Å²) in [6.07, 6.45) is 2.35. The van der Waals surface area contributed by atoms with Crippen LogP contribution in [0.15, 0.2) is 30.3 Å². The van der Waals surface area contributed by atoms with E-state index in [1.807, 2.05) is 6.07 Å². The van der Waals surface area contributed by atoms with Gasteiger partial charge in [0.25, 0.3) is 0 Å². The highest BCUT2D eigenvalue weighted by atomic mass is 16.5. The SMILES string of the molecule is COC(C)(C)C#COC(=O)c1ccccc1. The van der Waals surface area contributed by atoms with Crippen LogP contribution in [-0.2, 0) is 9.47 Å². The highest BCUT2D eigenvalue weighted by Crippen LogP contribution is 2.05. The Labute approximate surface area is 95.4 Å². The molecule has 0 aliphatic rings. The lowest BCUT2D eigenvalue weighted by Gasteiger charge is -2.13. The van der Waals surface area contributed by atoms with Crippen molar-refractivity contribution in [3.63, 3.8) is 0 Å². The van der Waals surface area contributed by atoms with E-state index in [-0.39, 0.29) is 0 Å². The Kier molecular flexibility index (Phi) is 4.10. The van der Waals surface area contributed by atoms with Crippen LogP contribution < -0.4 is 0 Å². The maximum Gasteiger partial charge on any atom is 0.352 e. The number of hydrogen-bond donors (Lipinski definition) is 0. The molecule has 0 bridgehead atoms. The average molecular weight is 218 g/mol. The molecule has 0 spiro atoms. The fraction of sp³-hybridized carbons (Fsp3) is 0.308. The molecule has 1 aromatic rings. The Hall–Kier alpha value is -1.79. The number of rotatable bonds is 2. The van der Waals surface area contributed by atoms with Gasteiger partial charge >= 0.3 is 5.97 Å². The first-order valence-corrected chi connectivity index (χ1v) is 4.89. The molecule has 16 heavy (non-hydrogen) atoms. The van der Waals surface area contributed by atoms with Crippen LogP contribution in [0, 0.1) is 12.0 Å². The number of hydrogen-bond acceptors (Lipinski definition) is 3. The van der Waals surface area contributed by atoms with Crippen molar-refractivity contribution in [1.82, 2.24) is 0 Å². The third-order valence-electron chi connectivity index (χ3n) is 2.02. The maximum absolute atomic E-state index is 11.5. The van der Waals surface area contributed by atoms with Gasteiger partial charge in [0.1, 0.15) is 11.7 Å². The Morgan fingerprint density at radius 2 is 1.88 bits per heavy atom. The molecular formula is C13H14O3. The van der Waals surface area contributed by atoms with Crippen LogP contribution in [0.1, 0.15) is 24.2 Å². The molecule has 84 valence electrons. The highest BCUT2D eigenvalue weighted by Gasteiger charge is 2.12. The minimum atomic E-state index is -0.614. The highest BCUT2D eigenvalue weighted by molar-refractivity contribution is 5.89. The van der Waals surface area contributed by atoms with E-state index in [0.717, 1.165) is 0 Å². The van der Waals surface area contributed by atoms with Crippen LogP contribution in [0.4, 0.5) is 0 Å². The number of benzene rings is 1. The van der Waals surface area contributed by atoms with E-state index in [1.54, 1.807) is 45.2 Å². The Bertz CT molecular complexity index is 410. The van der Waals surface area contributed by atoms with Crippen LogP contribution in [0.25, 0.3) is 0 Å². The fourth-order valence-electron chi connectivity index (χ4n) is 0.879.